The van der Waals surface area contributed by atoms with Crippen LogP contribution < -0.4 is 20.1 Å². The molecule has 3 N–H and O–H groups in total. The summed E-state index contributed by atoms with van der Waals surface area (Å²) in [6.07, 6.45) is -0.174. The molecular formula is C16H22N2O5. The van der Waals surface area contributed by atoms with Gasteiger partial charge in [-0.25, -0.2) is 0 Å². The molecule has 1 aromatic rings. The number of carbonyl (C=O) groups is 2. The summed E-state index contributed by atoms with van der Waals surface area (Å²) in [4.78, 5) is 23.6. The zero-order chi connectivity index (χ0) is 17.0. The zero-order valence-electron chi connectivity index (χ0n) is 13.5. The summed E-state index contributed by atoms with van der Waals surface area (Å²) in [5, 5.41) is 14.9. The van der Waals surface area contributed by atoms with Gasteiger partial charge in [0.05, 0.1) is 6.10 Å². The first kappa shape index (κ1) is 17.1. The highest BCUT2D eigenvalue weighted by Crippen LogP contribution is 2.34. The first-order valence-corrected chi connectivity index (χ1v) is 7.44. The molecule has 7 nitrogen and oxygen atoms in total. The van der Waals surface area contributed by atoms with Gasteiger partial charge in [-0.1, -0.05) is 20.8 Å². The second kappa shape index (κ2) is 6.87. The number of aliphatic hydroxyl groups is 1. The summed E-state index contributed by atoms with van der Waals surface area (Å²) in [7, 11) is 0. The summed E-state index contributed by atoms with van der Waals surface area (Å²) >= 11 is 0. The number of amides is 2. The van der Waals surface area contributed by atoms with Crippen LogP contribution in [0.5, 0.6) is 11.5 Å². The van der Waals surface area contributed by atoms with E-state index < -0.39 is 17.9 Å². The van der Waals surface area contributed by atoms with Gasteiger partial charge in [-0.2, -0.15) is 0 Å². The maximum absolute atomic E-state index is 11.8. The molecule has 1 heterocycles. The van der Waals surface area contributed by atoms with E-state index in [4.69, 9.17) is 9.47 Å². The van der Waals surface area contributed by atoms with Crippen molar-refractivity contribution in [1.29, 1.82) is 0 Å². The number of rotatable bonds is 4. The van der Waals surface area contributed by atoms with Gasteiger partial charge in [0.1, 0.15) is 0 Å². The van der Waals surface area contributed by atoms with E-state index in [1.165, 1.54) is 0 Å². The number of carbonyl (C=O) groups excluding carboxylic acids is 2. The number of benzene rings is 1. The number of aliphatic hydroxyl groups excluding tert-OH is 1. The summed E-state index contributed by atoms with van der Waals surface area (Å²) in [5.74, 6) is -0.391. The Morgan fingerprint density at radius 1 is 1.22 bits per heavy atom. The molecule has 7 heteroatoms. The molecule has 2 rings (SSSR count). The number of anilines is 1. The Kier molecular flexibility index (Phi) is 5.10. The average molecular weight is 322 g/mol. The van der Waals surface area contributed by atoms with Gasteiger partial charge in [0, 0.05) is 18.3 Å². The molecular weight excluding hydrogens is 300 g/mol. The molecule has 126 valence electrons. The van der Waals surface area contributed by atoms with Crippen molar-refractivity contribution in [1.82, 2.24) is 5.32 Å². The zero-order valence-corrected chi connectivity index (χ0v) is 13.5. The molecule has 1 aliphatic rings. The van der Waals surface area contributed by atoms with Gasteiger partial charge in [-0.05, 0) is 24.0 Å². The lowest BCUT2D eigenvalue weighted by atomic mass is 9.87. The van der Waals surface area contributed by atoms with Crippen molar-refractivity contribution in [3.8, 4) is 11.5 Å². The normalized spacial score (nSPS) is 14.3. The first-order valence-electron chi connectivity index (χ1n) is 7.44. The number of hydrogen-bond acceptors (Lipinski definition) is 5. The fourth-order valence-electron chi connectivity index (χ4n) is 2.00. The lowest BCUT2D eigenvalue weighted by molar-refractivity contribution is -0.136. The van der Waals surface area contributed by atoms with E-state index in [1.807, 2.05) is 20.8 Å². The predicted octanol–water partition coefficient (Wildman–Crippen LogP) is 1.27. The smallest absolute Gasteiger partial charge is 0.313 e. The standard InChI is InChI=1S/C16H22N2O5/c1-16(2,3)13(19)6-7-17-14(20)15(21)18-10-4-5-11-12(8-10)23-9-22-11/h4-5,8,13,19H,6-7,9H2,1-3H3,(H,17,20)(H,18,21). The molecule has 0 aromatic heterocycles. The molecule has 0 bridgehead atoms. The van der Waals surface area contributed by atoms with Crippen LogP contribution in [-0.4, -0.2) is 36.4 Å². The second-order valence-corrected chi connectivity index (χ2v) is 6.45. The Morgan fingerprint density at radius 3 is 2.61 bits per heavy atom. The van der Waals surface area contributed by atoms with Crippen molar-refractivity contribution in [2.45, 2.75) is 33.3 Å². The van der Waals surface area contributed by atoms with Gasteiger partial charge >= 0.3 is 11.8 Å². The molecule has 23 heavy (non-hydrogen) atoms. The minimum absolute atomic E-state index is 0.142. The summed E-state index contributed by atoms with van der Waals surface area (Å²) in [6, 6.07) is 4.88. The van der Waals surface area contributed by atoms with Crippen molar-refractivity contribution >= 4 is 17.5 Å². The lowest BCUT2D eigenvalue weighted by Gasteiger charge is -2.25. The maximum Gasteiger partial charge on any atom is 0.313 e. The molecule has 1 aliphatic heterocycles. The Morgan fingerprint density at radius 2 is 1.91 bits per heavy atom. The van der Waals surface area contributed by atoms with Gasteiger partial charge in [-0.15, -0.1) is 0 Å². The van der Waals surface area contributed by atoms with Gasteiger partial charge in [0.15, 0.2) is 11.5 Å². The summed E-state index contributed by atoms with van der Waals surface area (Å²) < 4.78 is 10.4. The number of hydrogen-bond donors (Lipinski definition) is 3. The largest absolute Gasteiger partial charge is 0.454 e. The fourth-order valence-corrected chi connectivity index (χ4v) is 2.00. The third-order valence-corrected chi connectivity index (χ3v) is 3.54. The maximum atomic E-state index is 11.8. The quantitative estimate of drug-likeness (QED) is 0.725. The van der Waals surface area contributed by atoms with Crippen LogP contribution in [0.1, 0.15) is 27.2 Å². The van der Waals surface area contributed by atoms with E-state index in [1.54, 1.807) is 18.2 Å². The van der Waals surface area contributed by atoms with Gasteiger partial charge in [0.25, 0.3) is 0 Å². The monoisotopic (exact) mass is 322 g/mol. The van der Waals surface area contributed by atoms with E-state index in [0.717, 1.165) is 0 Å². The lowest BCUT2D eigenvalue weighted by Crippen LogP contribution is -2.38. The molecule has 0 fully saturated rings. The van der Waals surface area contributed by atoms with Crippen molar-refractivity contribution < 1.29 is 24.2 Å². The highest BCUT2D eigenvalue weighted by atomic mass is 16.7. The average Bonchev–Trinajstić information content (AvgIpc) is 2.93. The molecule has 0 saturated carbocycles. The Bertz CT molecular complexity index is 595. The van der Waals surface area contributed by atoms with Crippen LogP contribution in [0, 0.1) is 5.41 Å². The van der Waals surface area contributed by atoms with Crippen molar-refractivity contribution in [2.75, 3.05) is 18.7 Å². The van der Waals surface area contributed by atoms with E-state index in [-0.39, 0.29) is 18.8 Å². The van der Waals surface area contributed by atoms with Crippen molar-refractivity contribution in [2.24, 2.45) is 5.41 Å². The Balaban J connectivity index is 1.80. The summed E-state index contributed by atoms with van der Waals surface area (Å²) in [6.45, 7) is 6.10. The predicted molar refractivity (Wildman–Crippen MR) is 84.3 cm³/mol. The van der Waals surface area contributed by atoms with E-state index in [2.05, 4.69) is 10.6 Å². The van der Waals surface area contributed by atoms with Crippen LogP contribution >= 0.6 is 0 Å². The van der Waals surface area contributed by atoms with Crippen LogP contribution in [0.3, 0.4) is 0 Å². The molecule has 1 aromatic carbocycles. The number of fused-ring (bicyclic) bond motifs is 1. The van der Waals surface area contributed by atoms with Crippen LogP contribution in [-0.2, 0) is 9.59 Å². The molecule has 2 amide bonds. The van der Waals surface area contributed by atoms with E-state index >= 15 is 0 Å². The molecule has 0 saturated heterocycles. The third kappa shape index (κ3) is 4.59. The molecule has 0 aliphatic carbocycles. The third-order valence-electron chi connectivity index (χ3n) is 3.54. The Labute approximate surface area is 135 Å². The van der Waals surface area contributed by atoms with Crippen LogP contribution in [0.4, 0.5) is 5.69 Å². The minimum atomic E-state index is -0.769. The van der Waals surface area contributed by atoms with E-state index in [9.17, 15) is 14.7 Å². The first-order chi connectivity index (χ1) is 10.8. The van der Waals surface area contributed by atoms with Crippen LogP contribution in [0.25, 0.3) is 0 Å². The van der Waals surface area contributed by atoms with Crippen molar-refractivity contribution in [3.63, 3.8) is 0 Å². The number of nitrogens with one attached hydrogen (secondary N) is 2. The second-order valence-electron chi connectivity index (χ2n) is 6.45. The van der Waals surface area contributed by atoms with Crippen molar-refractivity contribution in [3.05, 3.63) is 18.2 Å². The topological polar surface area (TPSA) is 96.9 Å². The SMILES string of the molecule is CC(C)(C)C(O)CCNC(=O)C(=O)Nc1ccc2c(c1)OCO2. The molecule has 0 radical (unpaired) electrons. The van der Waals surface area contributed by atoms with E-state index in [0.29, 0.717) is 23.6 Å². The van der Waals surface area contributed by atoms with Gasteiger partial charge < -0.3 is 25.2 Å². The van der Waals surface area contributed by atoms with Gasteiger partial charge in [0.2, 0.25) is 6.79 Å². The minimum Gasteiger partial charge on any atom is -0.454 e. The Hall–Kier alpha value is -2.28. The highest BCUT2D eigenvalue weighted by Gasteiger charge is 2.22. The molecule has 0 spiro atoms. The number of ether oxygens (including phenoxy) is 2. The van der Waals surface area contributed by atoms with Crippen LogP contribution in [0.15, 0.2) is 18.2 Å². The van der Waals surface area contributed by atoms with Crippen LogP contribution in [0.2, 0.25) is 0 Å². The molecule has 1 unspecified atom stereocenters. The highest BCUT2D eigenvalue weighted by molar-refractivity contribution is 6.39. The fraction of sp³-hybridized carbons (Fsp3) is 0.500. The van der Waals surface area contributed by atoms with Gasteiger partial charge in [-0.3, -0.25) is 9.59 Å². The summed E-state index contributed by atoms with van der Waals surface area (Å²) in [5.41, 5.74) is 0.184. The molecule has 1 atom stereocenters.